The molecule has 0 aliphatic carbocycles. The Morgan fingerprint density at radius 3 is 2.42 bits per heavy atom. The summed E-state index contributed by atoms with van der Waals surface area (Å²) in [7, 11) is 0. The van der Waals surface area contributed by atoms with Gasteiger partial charge in [0.2, 0.25) is 5.91 Å². The minimum atomic E-state index is -0.491. The van der Waals surface area contributed by atoms with Crippen LogP contribution in [-0.2, 0) is 4.79 Å². The molecule has 2 aromatic rings. The van der Waals surface area contributed by atoms with Gasteiger partial charge in [-0.05, 0) is 74.7 Å². The first kappa shape index (κ1) is 18.0. The van der Waals surface area contributed by atoms with Gasteiger partial charge in [0.1, 0.15) is 11.8 Å². The molecular weight excluding hydrogens is 328 g/mol. The summed E-state index contributed by atoms with van der Waals surface area (Å²) in [6.45, 7) is 7.13. The number of amides is 2. The van der Waals surface area contributed by atoms with Crippen LogP contribution in [0.25, 0.3) is 0 Å². The second kappa shape index (κ2) is 7.60. The number of hydrogen-bond donors (Lipinski definition) is 1. The zero-order valence-corrected chi connectivity index (χ0v) is 15.4. The quantitative estimate of drug-likeness (QED) is 0.899. The van der Waals surface area contributed by atoms with Crippen molar-refractivity contribution in [2.45, 2.75) is 33.2 Å². The molecule has 0 radical (unpaired) electrons. The van der Waals surface area contributed by atoms with E-state index in [1.165, 1.54) is 0 Å². The fourth-order valence-corrected chi connectivity index (χ4v) is 3.29. The smallest absolute Gasteiger partial charge is 0.251 e. The molecule has 0 bridgehead atoms. The summed E-state index contributed by atoms with van der Waals surface area (Å²) in [6.07, 6.45) is 0.606. The molecule has 1 aliphatic heterocycles. The summed E-state index contributed by atoms with van der Waals surface area (Å²) in [6, 6.07) is 12.5. The second-order valence-electron chi connectivity index (χ2n) is 6.61. The van der Waals surface area contributed by atoms with E-state index in [1.807, 2.05) is 32.9 Å². The van der Waals surface area contributed by atoms with Gasteiger partial charge in [-0.25, -0.2) is 0 Å². The van der Waals surface area contributed by atoms with Crippen molar-refractivity contribution in [3.8, 4) is 5.75 Å². The predicted molar refractivity (Wildman–Crippen MR) is 102 cm³/mol. The molecule has 0 aromatic heterocycles. The molecule has 26 heavy (non-hydrogen) atoms. The Kier molecular flexibility index (Phi) is 5.26. The molecule has 1 saturated heterocycles. The van der Waals surface area contributed by atoms with Crippen LogP contribution >= 0.6 is 0 Å². The van der Waals surface area contributed by atoms with Crippen LogP contribution in [0.15, 0.2) is 42.5 Å². The van der Waals surface area contributed by atoms with Crippen LogP contribution in [0.5, 0.6) is 5.75 Å². The van der Waals surface area contributed by atoms with E-state index in [0.29, 0.717) is 25.1 Å². The van der Waals surface area contributed by atoms with E-state index in [2.05, 4.69) is 11.4 Å². The van der Waals surface area contributed by atoms with E-state index in [9.17, 15) is 9.59 Å². The third-order valence-corrected chi connectivity index (χ3v) is 4.46. The van der Waals surface area contributed by atoms with Crippen LogP contribution < -0.4 is 15.0 Å². The number of nitrogens with zero attached hydrogens (tertiary/aromatic N) is 1. The predicted octanol–water partition coefficient (Wildman–Crippen LogP) is 3.24. The number of ether oxygens (including phenoxy) is 1. The maximum Gasteiger partial charge on any atom is 0.251 e. The number of carbonyl (C=O) groups is 2. The number of anilines is 1. The van der Waals surface area contributed by atoms with Crippen LogP contribution in [0.4, 0.5) is 5.69 Å². The van der Waals surface area contributed by atoms with Gasteiger partial charge >= 0.3 is 0 Å². The lowest BCUT2D eigenvalue weighted by Crippen LogP contribution is -2.41. The monoisotopic (exact) mass is 352 g/mol. The highest BCUT2D eigenvalue weighted by molar-refractivity contribution is 6.04. The third-order valence-electron chi connectivity index (χ3n) is 4.46. The van der Waals surface area contributed by atoms with Crippen LogP contribution in [0.3, 0.4) is 0 Å². The van der Waals surface area contributed by atoms with E-state index in [4.69, 9.17) is 4.74 Å². The van der Waals surface area contributed by atoms with Gasteiger partial charge in [-0.2, -0.15) is 0 Å². The fourth-order valence-electron chi connectivity index (χ4n) is 3.29. The van der Waals surface area contributed by atoms with Crippen LogP contribution in [-0.4, -0.2) is 31.0 Å². The highest BCUT2D eigenvalue weighted by Gasteiger charge is 2.33. The molecular formula is C21H24N2O3. The molecule has 0 unspecified atom stereocenters. The number of carbonyl (C=O) groups excluding carboxylic acids is 2. The Balaban J connectivity index is 1.67. The summed E-state index contributed by atoms with van der Waals surface area (Å²) < 4.78 is 5.38. The van der Waals surface area contributed by atoms with E-state index in [0.717, 1.165) is 22.6 Å². The van der Waals surface area contributed by atoms with Crippen LogP contribution in [0.1, 0.15) is 34.8 Å². The number of hydrogen-bond acceptors (Lipinski definition) is 3. The third kappa shape index (κ3) is 3.87. The van der Waals surface area contributed by atoms with Gasteiger partial charge in [-0.1, -0.05) is 6.07 Å². The molecule has 2 aromatic carbocycles. The molecule has 1 atom stereocenters. The molecule has 136 valence electrons. The van der Waals surface area contributed by atoms with Crippen molar-refractivity contribution in [2.75, 3.05) is 18.1 Å². The van der Waals surface area contributed by atoms with Gasteiger partial charge in [0, 0.05) is 17.8 Å². The van der Waals surface area contributed by atoms with Crippen molar-refractivity contribution >= 4 is 17.5 Å². The van der Waals surface area contributed by atoms with Gasteiger partial charge in [-0.3, -0.25) is 9.59 Å². The maximum absolute atomic E-state index is 12.7. The highest BCUT2D eigenvalue weighted by atomic mass is 16.5. The first-order chi connectivity index (χ1) is 12.5. The lowest BCUT2D eigenvalue weighted by atomic mass is 10.1. The summed E-state index contributed by atoms with van der Waals surface area (Å²) in [5.74, 6) is 0.421. The molecule has 1 aliphatic rings. The van der Waals surface area contributed by atoms with E-state index in [1.54, 1.807) is 29.2 Å². The highest BCUT2D eigenvalue weighted by Crippen LogP contribution is 2.24. The molecule has 1 fully saturated rings. The number of benzene rings is 2. The Morgan fingerprint density at radius 2 is 1.81 bits per heavy atom. The van der Waals surface area contributed by atoms with E-state index in [-0.39, 0.29) is 11.8 Å². The average molecular weight is 352 g/mol. The van der Waals surface area contributed by atoms with Gasteiger partial charge in [0.15, 0.2) is 0 Å². The molecule has 5 heteroatoms. The number of nitrogens with one attached hydrogen (secondary N) is 1. The van der Waals surface area contributed by atoms with Crippen molar-refractivity contribution in [3.63, 3.8) is 0 Å². The fraction of sp³-hybridized carbons (Fsp3) is 0.333. The molecule has 5 nitrogen and oxygen atoms in total. The average Bonchev–Trinajstić information content (AvgIpc) is 2.95. The van der Waals surface area contributed by atoms with Crippen molar-refractivity contribution in [1.82, 2.24) is 5.32 Å². The Morgan fingerprint density at radius 1 is 1.15 bits per heavy atom. The number of aryl methyl sites for hydroxylation is 2. The first-order valence-corrected chi connectivity index (χ1v) is 8.91. The normalized spacial score (nSPS) is 16.7. The van der Waals surface area contributed by atoms with Crippen molar-refractivity contribution in [3.05, 3.63) is 59.2 Å². The standard InChI is InChI=1S/C21H24N2O3/c1-4-26-18-7-5-16(6-8-18)20(24)22-19-9-10-23(21(19)25)17-12-14(2)11-15(3)13-17/h5-8,11-13,19H,4,9-10H2,1-3H3,(H,22,24)/t19-/m0/s1. The summed E-state index contributed by atoms with van der Waals surface area (Å²) in [4.78, 5) is 26.9. The van der Waals surface area contributed by atoms with E-state index < -0.39 is 6.04 Å². The van der Waals surface area contributed by atoms with Gasteiger partial charge in [0.25, 0.3) is 5.91 Å². The molecule has 1 heterocycles. The molecule has 3 rings (SSSR count). The Labute approximate surface area is 154 Å². The zero-order valence-electron chi connectivity index (χ0n) is 15.4. The summed E-state index contributed by atoms with van der Waals surface area (Å²) in [5.41, 5.74) is 3.65. The van der Waals surface area contributed by atoms with Crippen molar-refractivity contribution in [2.24, 2.45) is 0 Å². The summed E-state index contributed by atoms with van der Waals surface area (Å²) >= 11 is 0. The second-order valence-corrected chi connectivity index (χ2v) is 6.61. The SMILES string of the molecule is CCOc1ccc(C(=O)N[C@H]2CCN(c3cc(C)cc(C)c3)C2=O)cc1. The summed E-state index contributed by atoms with van der Waals surface area (Å²) in [5, 5.41) is 2.85. The van der Waals surface area contributed by atoms with Gasteiger partial charge < -0.3 is 15.0 Å². The van der Waals surface area contributed by atoms with Crippen LogP contribution in [0, 0.1) is 13.8 Å². The molecule has 2 amide bonds. The lowest BCUT2D eigenvalue weighted by Gasteiger charge is -2.18. The largest absolute Gasteiger partial charge is 0.494 e. The minimum Gasteiger partial charge on any atom is -0.494 e. The molecule has 0 spiro atoms. The van der Waals surface area contributed by atoms with Crippen molar-refractivity contribution < 1.29 is 14.3 Å². The van der Waals surface area contributed by atoms with Crippen molar-refractivity contribution in [1.29, 1.82) is 0 Å². The lowest BCUT2D eigenvalue weighted by molar-refractivity contribution is -0.118. The minimum absolute atomic E-state index is 0.0608. The maximum atomic E-state index is 12.7. The first-order valence-electron chi connectivity index (χ1n) is 8.91. The molecule has 0 saturated carbocycles. The number of rotatable bonds is 5. The van der Waals surface area contributed by atoms with E-state index >= 15 is 0 Å². The zero-order chi connectivity index (χ0) is 18.7. The topological polar surface area (TPSA) is 58.6 Å². The van der Waals surface area contributed by atoms with Gasteiger partial charge in [0.05, 0.1) is 6.61 Å². The molecule has 1 N–H and O–H groups in total. The Bertz CT molecular complexity index is 794. The van der Waals surface area contributed by atoms with Crippen LogP contribution in [0.2, 0.25) is 0 Å². The Hall–Kier alpha value is -2.82. The van der Waals surface area contributed by atoms with Gasteiger partial charge in [-0.15, -0.1) is 0 Å².